The number of hydrogen-bond acceptors (Lipinski definition) is 5. The summed E-state index contributed by atoms with van der Waals surface area (Å²) in [7, 11) is 0. The normalized spacial score (nSPS) is 14.6. The molecule has 0 aliphatic carbocycles. The van der Waals surface area contributed by atoms with Crippen LogP contribution in [0.15, 0.2) is 29.5 Å². The number of aromatic nitrogens is 1. The summed E-state index contributed by atoms with van der Waals surface area (Å²) >= 11 is 0. The monoisotopic (exact) mass is 219 g/mol. The van der Waals surface area contributed by atoms with Gasteiger partial charge in [0.1, 0.15) is 0 Å². The van der Waals surface area contributed by atoms with Gasteiger partial charge < -0.3 is 5.32 Å². The van der Waals surface area contributed by atoms with E-state index in [9.17, 15) is 4.79 Å². The highest BCUT2D eigenvalue weighted by Gasteiger charge is 2.07. The fraction of sp³-hybridized carbons (Fsp3) is 0.300. The molecule has 0 saturated carbocycles. The summed E-state index contributed by atoms with van der Waals surface area (Å²) in [5, 5.41) is 3.03. The lowest BCUT2D eigenvalue weighted by molar-refractivity contribution is 0.0942. The second-order valence-electron chi connectivity index (χ2n) is 3.33. The number of aliphatic imine (C=N–C) groups is 1. The van der Waals surface area contributed by atoms with Crippen LogP contribution in [0.4, 0.5) is 0 Å². The van der Waals surface area contributed by atoms with E-state index in [2.05, 4.69) is 26.1 Å². The summed E-state index contributed by atoms with van der Waals surface area (Å²) < 4.78 is 0. The van der Waals surface area contributed by atoms with E-state index in [-0.39, 0.29) is 5.91 Å². The van der Waals surface area contributed by atoms with E-state index < -0.39 is 0 Å². The van der Waals surface area contributed by atoms with Crippen LogP contribution in [-0.4, -0.2) is 29.9 Å². The van der Waals surface area contributed by atoms with Gasteiger partial charge in [0, 0.05) is 25.5 Å². The molecule has 0 atom stereocenters. The van der Waals surface area contributed by atoms with Gasteiger partial charge >= 0.3 is 0 Å². The van der Waals surface area contributed by atoms with E-state index in [0.29, 0.717) is 11.5 Å². The van der Waals surface area contributed by atoms with Crippen LogP contribution in [0.2, 0.25) is 0 Å². The van der Waals surface area contributed by atoms with Crippen molar-refractivity contribution in [3.8, 4) is 0 Å². The van der Waals surface area contributed by atoms with Crippen LogP contribution in [0.25, 0.3) is 0 Å². The minimum absolute atomic E-state index is 0.233. The molecule has 2 heterocycles. The third kappa shape index (κ3) is 2.69. The number of carbonyl (C=O) groups excluding carboxylic acids is 1. The van der Waals surface area contributed by atoms with Crippen LogP contribution in [0.3, 0.4) is 0 Å². The molecule has 0 spiro atoms. The Kier molecular flexibility index (Phi) is 3.32. The SMILES string of the molecule is O=C(NNC1=NCCCN1)c1cccnc1. The highest BCUT2D eigenvalue weighted by Crippen LogP contribution is 1.94. The van der Waals surface area contributed by atoms with Crippen molar-refractivity contribution in [2.45, 2.75) is 6.42 Å². The van der Waals surface area contributed by atoms with E-state index in [4.69, 9.17) is 0 Å². The average molecular weight is 219 g/mol. The lowest BCUT2D eigenvalue weighted by atomic mass is 10.3. The van der Waals surface area contributed by atoms with Crippen LogP contribution in [-0.2, 0) is 0 Å². The molecule has 0 fully saturated rings. The van der Waals surface area contributed by atoms with Gasteiger partial charge in [-0.05, 0) is 18.6 Å². The smallest absolute Gasteiger partial charge is 0.271 e. The molecule has 16 heavy (non-hydrogen) atoms. The number of rotatable bonds is 1. The first-order chi connectivity index (χ1) is 7.86. The van der Waals surface area contributed by atoms with Gasteiger partial charge in [0.25, 0.3) is 5.91 Å². The van der Waals surface area contributed by atoms with Crippen molar-refractivity contribution >= 4 is 11.9 Å². The van der Waals surface area contributed by atoms with Gasteiger partial charge in [0.15, 0.2) is 0 Å². The average Bonchev–Trinajstić information content (AvgIpc) is 2.38. The second-order valence-corrected chi connectivity index (χ2v) is 3.33. The number of carbonyl (C=O) groups is 1. The molecule has 0 aromatic carbocycles. The molecule has 0 radical (unpaired) electrons. The maximum absolute atomic E-state index is 11.6. The van der Waals surface area contributed by atoms with Crippen molar-refractivity contribution in [2.24, 2.45) is 4.99 Å². The van der Waals surface area contributed by atoms with Crippen LogP contribution in [0.1, 0.15) is 16.8 Å². The molecule has 0 bridgehead atoms. The topological polar surface area (TPSA) is 78.4 Å². The number of nitrogens with zero attached hydrogens (tertiary/aromatic N) is 2. The summed E-state index contributed by atoms with van der Waals surface area (Å²) in [5.74, 6) is 0.367. The number of hydrogen-bond donors (Lipinski definition) is 3. The van der Waals surface area contributed by atoms with Gasteiger partial charge in [-0.1, -0.05) is 0 Å². The van der Waals surface area contributed by atoms with Crippen molar-refractivity contribution in [1.82, 2.24) is 21.2 Å². The Morgan fingerprint density at radius 3 is 3.12 bits per heavy atom. The maximum Gasteiger partial charge on any atom is 0.271 e. The molecular weight excluding hydrogens is 206 g/mol. The van der Waals surface area contributed by atoms with Crippen molar-refractivity contribution in [2.75, 3.05) is 13.1 Å². The third-order valence-corrected chi connectivity index (χ3v) is 2.12. The van der Waals surface area contributed by atoms with Gasteiger partial charge in [-0.15, -0.1) is 0 Å². The summed E-state index contributed by atoms with van der Waals surface area (Å²) in [4.78, 5) is 19.6. The Bertz CT molecular complexity index is 389. The van der Waals surface area contributed by atoms with Crippen molar-refractivity contribution < 1.29 is 4.79 Å². The number of nitrogens with one attached hydrogen (secondary N) is 3. The molecule has 6 nitrogen and oxygen atoms in total. The minimum atomic E-state index is -0.233. The van der Waals surface area contributed by atoms with E-state index in [1.165, 1.54) is 6.20 Å². The van der Waals surface area contributed by atoms with Crippen LogP contribution < -0.4 is 16.2 Å². The first-order valence-electron chi connectivity index (χ1n) is 5.11. The molecule has 0 saturated heterocycles. The summed E-state index contributed by atoms with van der Waals surface area (Å²) in [6.07, 6.45) is 4.14. The van der Waals surface area contributed by atoms with Crippen molar-refractivity contribution in [3.05, 3.63) is 30.1 Å². The molecule has 1 aromatic rings. The highest BCUT2D eigenvalue weighted by atomic mass is 16.2. The Morgan fingerprint density at radius 2 is 2.44 bits per heavy atom. The number of guanidine groups is 1. The lowest BCUT2D eigenvalue weighted by Gasteiger charge is -2.16. The van der Waals surface area contributed by atoms with Gasteiger partial charge in [-0.2, -0.15) is 0 Å². The van der Waals surface area contributed by atoms with Gasteiger partial charge in [0.05, 0.1) is 5.56 Å². The predicted molar refractivity (Wildman–Crippen MR) is 59.8 cm³/mol. The zero-order chi connectivity index (χ0) is 11.2. The lowest BCUT2D eigenvalue weighted by Crippen LogP contribution is -2.49. The zero-order valence-electron chi connectivity index (χ0n) is 8.73. The highest BCUT2D eigenvalue weighted by molar-refractivity contribution is 5.95. The minimum Gasteiger partial charge on any atom is -0.355 e. The molecule has 1 aromatic heterocycles. The molecule has 0 unspecified atom stereocenters. The van der Waals surface area contributed by atoms with E-state index in [0.717, 1.165) is 19.5 Å². The molecule has 1 amide bonds. The van der Waals surface area contributed by atoms with Crippen LogP contribution >= 0.6 is 0 Å². The molecule has 6 heteroatoms. The Labute approximate surface area is 93.1 Å². The van der Waals surface area contributed by atoms with Crippen molar-refractivity contribution in [3.63, 3.8) is 0 Å². The quantitative estimate of drug-likeness (QED) is 0.565. The van der Waals surface area contributed by atoms with Crippen molar-refractivity contribution in [1.29, 1.82) is 0 Å². The van der Waals surface area contributed by atoms with Crippen LogP contribution in [0, 0.1) is 0 Å². The Morgan fingerprint density at radius 1 is 1.50 bits per heavy atom. The van der Waals surface area contributed by atoms with E-state index in [1.54, 1.807) is 18.3 Å². The number of hydrazine groups is 1. The standard InChI is InChI=1S/C10H13N5O/c16-9(8-3-1-4-11-7-8)14-15-10-12-5-2-6-13-10/h1,3-4,7H,2,5-6H2,(H,14,16)(H2,12,13,15). The van der Waals surface area contributed by atoms with Gasteiger partial charge in [-0.3, -0.25) is 25.6 Å². The number of pyridine rings is 1. The van der Waals surface area contributed by atoms with Gasteiger partial charge in [0.2, 0.25) is 5.96 Å². The molecule has 84 valence electrons. The summed E-state index contributed by atoms with van der Waals surface area (Å²) in [5.41, 5.74) is 5.78. The predicted octanol–water partition coefficient (Wildman–Crippen LogP) is -0.335. The Hall–Kier alpha value is -2.11. The fourth-order valence-corrected chi connectivity index (χ4v) is 1.30. The summed E-state index contributed by atoms with van der Waals surface area (Å²) in [6.45, 7) is 1.65. The molecule has 1 aliphatic rings. The molecule has 3 N–H and O–H groups in total. The van der Waals surface area contributed by atoms with E-state index >= 15 is 0 Å². The first-order valence-corrected chi connectivity index (χ1v) is 5.11. The van der Waals surface area contributed by atoms with Gasteiger partial charge in [-0.25, -0.2) is 0 Å². The maximum atomic E-state index is 11.6. The third-order valence-electron chi connectivity index (χ3n) is 2.12. The van der Waals surface area contributed by atoms with E-state index in [1.807, 2.05) is 0 Å². The zero-order valence-corrected chi connectivity index (χ0v) is 8.73. The second kappa shape index (κ2) is 5.11. The Balaban J connectivity index is 1.86. The fourth-order valence-electron chi connectivity index (χ4n) is 1.30. The largest absolute Gasteiger partial charge is 0.355 e. The first kappa shape index (κ1) is 10.4. The molecule has 1 aliphatic heterocycles. The summed E-state index contributed by atoms with van der Waals surface area (Å²) in [6, 6.07) is 3.41. The number of amides is 1. The van der Waals surface area contributed by atoms with Crippen LogP contribution in [0.5, 0.6) is 0 Å². The molecule has 2 rings (SSSR count). The molecular formula is C10H13N5O.